The number of benzene rings is 1. The molecule has 0 aromatic heterocycles. The lowest BCUT2D eigenvalue weighted by molar-refractivity contribution is 0.0930. The molecule has 0 aliphatic heterocycles. The third-order valence-corrected chi connectivity index (χ3v) is 2.45. The highest BCUT2D eigenvalue weighted by Crippen LogP contribution is 2.15. The second-order valence-corrected chi connectivity index (χ2v) is 4.00. The summed E-state index contributed by atoms with van der Waals surface area (Å²) in [5.74, 6) is -0.189. The highest BCUT2D eigenvalue weighted by atomic mass is 16.5. The van der Waals surface area contributed by atoms with Crippen molar-refractivity contribution in [2.24, 2.45) is 0 Å². The number of hydrogen-bond acceptors (Lipinski definition) is 4. The molecular weight excluding hydrogens is 218 g/mol. The van der Waals surface area contributed by atoms with Gasteiger partial charge in [-0.25, -0.2) is 0 Å². The van der Waals surface area contributed by atoms with Gasteiger partial charge >= 0.3 is 0 Å². The SMILES string of the molecule is COCCC(C)NC(=O)c1ccc(N)cc1N. The van der Waals surface area contributed by atoms with Gasteiger partial charge in [-0.1, -0.05) is 0 Å². The minimum atomic E-state index is -0.189. The quantitative estimate of drug-likeness (QED) is 0.666. The van der Waals surface area contributed by atoms with E-state index in [1.165, 1.54) is 0 Å². The van der Waals surface area contributed by atoms with E-state index in [4.69, 9.17) is 16.2 Å². The molecule has 0 saturated heterocycles. The molecule has 17 heavy (non-hydrogen) atoms. The highest BCUT2D eigenvalue weighted by molar-refractivity contribution is 5.99. The Balaban J connectivity index is 2.63. The maximum atomic E-state index is 11.9. The molecule has 0 aliphatic carbocycles. The zero-order chi connectivity index (χ0) is 12.8. The maximum absolute atomic E-state index is 11.9. The van der Waals surface area contributed by atoms with Crippen LogP contribution >= 0.6 is 0 Å². The van der Waals surface area contributed by atoms with Crippen LogP contribution in [-0.4, -0.2) is 25.7 Å². The van der Waals surface area contributed by atoms with Gasteiger partial charge in [0.25, 0.3) is 5.91 Å². The van der Waals surface area contributed by atoms with Gasteiger partial charge in [-0.3, -0.25) is 4.79 Å². The summed E-state index contributed by atoms with van der Waals surface area (Å²) in [7, 11) is 1.63. The Morgan fingerprint density at radius 3 is 2.76 bits per heavy atom. The van der Waals surface area contributed by atoms with Gasteiger partial charge in [0.05, 0.1) is 5.56 Å². The molecule has 0 saturated carbocycles. The van der Waals surface area contributed by atoms with E-state index in [-0.39, 0.29) is 11.9 Å². The topological polar surface area (TPSA) is 90.4 Å². The minimum absolute atomic E-state index is 0.0411. The fourth-order valence-corrected chi connectivity index (χ4v) is 1.46. The van der Waals surface area contributed by atoms with Crippen LogP contribution in [0, 0.1) is 0 Å². The molecule has 0 spiro atoms. The molecule has 94 valence electrons. The van der Waals surface area contributed by atoms with Crippen LogP contribution in [0.15, 0.2) is 18.2 Å². The normalized spacial score (nSPS) is 12.1. The predicted molar refractivity (Wildman–Crippen MR) is 68.7 cm³/mol. The molecule has 0 fully saturated rings. The van der Waals surface area contributed by atoms with E-state index in [0.29, 0.717) is 23.5 Å². The van der Waals surface area contributed by atoms with Crippen LogP contribution in [0.5, 0.6) is 0 Å². The van der Waals surface area contributed by atoms with Gasteiger partial charge in [-0.15, -0.1) is 0 Å². The summed E-state index contributed by atoms with van der Waals surface area (Å²) in [4.78, 5) is 11.9. The van der Waals surface area contributed by atoms with Crippen molar-refractivity contribution in [3.8, 4) is 0 Å². The first kappa shape index (κ1) is 13.3. The number of nitrogens with one attached hydrogen (secondary N) is 1. The zero-order valence-electron chi connectivity index (χ0n) is 10.2. The Labute approximate surface area is 101 Å². The van der Waals surface area contributed by atoms with Crippen molar-refractivity contribution < 1.29 is 9.53 Å². The van der Waals surface area contributed by atoms with Gasteiger partial charge in [0.15, 0.2) is 0 Å². The first-order chi connectivity index (χ1) is 8.04. The van der Waals surface area contributed by atoms with Crippen LogP contribution in [0.2, 0.25) is 0 Å². The minimum Gasteiger partial charge on any atom is -0.399 e. The van der Waals surface area contributed by atoms with E-state index in [0.717, 1.165) is 6.42 Å². The molecule has 0 aliphatic rings. The number of carbonyl (C=O) groups is 1. The average molecular weight is 237 g/mol. The lowest BCUT2D eigenvalue weighted by Crippen LogP contribution is -2.33. The van der Waals surface area contributed by atoms with Gasteiger partial charge in [-0.05, 0) is 31.5 Å². The number of methoxy groups -OCH3 is 1. The Bertz CT molecular complexity index is 393. The van der Waals surface area contributed by atoms with Crippen LogP contribution in [0.4, 0.5) is 11.4 Å². The fraction of sp³-hybridized carbons (Fsp3) is 0.417. The van der Waals surface area contributed by atoms with Crippen LogP contribution in [0.25, 0.3) is 0 Å². The number of nitrogens with two attached hydrogens (primary N) is 2. The molecule has 1 unspecified atom stereocenters. The largest absolute Gasteiger partial charge is 0.399 e. The summed E-state index contributed by atoms with van der Waals surface area (Å²) in [6.45, 7) is 2.53. The summed E-state index contributed by atoms with van der Waals surface area (Å²) in [6.07, 6.45) is 0.761. The van der Waals surface area contributed by atoms with Gasteiger partial charge in [0, 0.05) is 31.1 Å². The number of anilines is 2. The first-order valence-electron chi connectivity index (χ1n) is 5.49. The summed E-state index contributed by atoms with van der Waals surface area (Å²) >= 11 is 0. The number of rotatable bonds is 5. The molecule has 0 bridgehead atoms. The van der Waals surface area contributed by atoms with Gasteiger partial charge in [0.1, 0.15) is 0 Å². The number of ether oxygens (including phenoxy) is 1. The Morgan fingerprint density at radius 1 is 1.47 bits per heavy atom. The fourth-order valence-electron chi connectivity index (χ4n) is 1.46. The molecule has 5 heteroatoms. The number of carbonyl (C=O) groups excluding carboxylic acids is 1. The van der Waals surface area contributed by atoms with Crippen molar-refractivity contribution >= 4 is 17.3 Å². The van der Waals surface area contributed by atoms with Gasteiger partial charge in [0.2, 0.25) is 0 Å². The van der Waals surface area contributed by atoms with E-state index in [9.17, 15) is 4.79 Å². The Hall–Kier alpha value is -1.75. The van der Waals surface area contributed by atoms with Crippen molar-refractivity contribution in [2.75, 3.05) is 25.2 Å². The van der Waals surface area contributed by atoms with Crippen LogP contribution in [0.3, 0.4) is 0 Å². The first-order valence-corrected chi connectivity index (χ1v) is 5.49. The summed E-state index contributed by atoms with van der Waals surface area (Å²) in [5.41, 5.74) is 12.7. The third-order valence-electron chi connectivity index (χ3n) is 2.45. The van der Waals surface area contributed by atoms with Crippen molar-refractivity contribution in [3.05, 3.63) is 23.8 Å². The van der Waals surface area contributed by atoms with E-state index in [1.807, 2.05) is 6.92 Å². The monoisotopic (exact) mass is 237 g/mol. The number of hydrogen-bond donors (Lipinski definition) is 3. The third kappa shape index (κ3) is 3.96. The van der Waals surface area contributed by atoms with Crippen LogP contribution in [0.1, 0.15) is 23.7 Å². The smallest absolute Gasteiger partial charge is 0.253 e. The van der Waals surface area contributed by atoms with E-state index < -0.39 is 0 Å². The Kier molecular flexibility index (Phi) is 4.78. The highest BCUT2D eigenvalue weighted by Gasteiger charge is 2.12. The van der Waals surface area contributed by atoms with Crippen molar-refractivity contribution in [1.29, 1.82) is 0 Å². The van der Waals surface area contributed by atoms with E-state index in [2.05, 4.69) is 5.32 Å². The maximum Gasteiger partial charge on any atom is 0.253 e. The zero-order valence-corrected chi connectivity index (χ0v) is 10.2. The second kappa shape index (κ2) is 6.10. The van der Waals surface area contributed by atoms with Crippen molar-refractivity contribution in [3.63, 3.8) is 0 Å². The lowest BCUT2D eigenvalue weighted by atomic mass is 10.1. The van der Waals surface area contributed by atoms with Gasteiger partial charge < -0.3 is 21.5 Å². The molecule has 0 heterocycles. The lowest BCUT2D eigenvalue weighted by Gasteiger charge is -2.14. The number of nitrogen functional groups attached to an aromatic ring is 2. The molecule has 1 aromatic rings. The summed E-state index contributed by atoms with van der Waals surface area (Å²) in [5, 5.41) is 2.85. The van der Waals surface area contributed by atoms with Crippen molar-refractivity contribution in [1.82, 2.24) is 5.32 Å². The predicted octanol–water partition coefficient (Wildman–Crippen LogP) is 1.01. The molecule has 1 amide bonds. The molecule has 0 radical (unpaired) electrons. The standard InChI is InChI=1S/C12H19N3O2/c1-8(5-6-17-2)15-12(16)10-4-3-9(13)7-11(10)14/h3-4,7-8H,5-6,13-14H2,1-2H3,(H,15,16). The molecule has 5 N–H and O–H groups in total. The molecule has 1 atom stereocenters. The molecule has 1 rings (SSSR count). The van der Waals surface area contributed by atoms with Gasteiger partial charge in [-0.2, -0.15) is 0 Å². The molecule has 1 aromatic carbocycles. The average Bonchev–Trinajstić information content (AvgIpc) is 2.26. The molecule has 5 nitrogen and oxygen atoms in total. The van der Waals surface area contributed by atoms with E-state index in [1.54, 1.807) is 25.3 Å². The Morgan fingerprint density at radius 2 is 2.18 bits per heavy atom. The summed E-state index contributed by atoms with van der Waals surface area (Å²) in [6, 6.07) is 4.91. The van der Waals surface area contributed by atoms with Crippen LogP contribution in [-0.2, 0) is 4.74 Å². The number of amides is 1. The second-order valence-electron chi connectivity index (χ2n) is 4.00. The van der Waals surface area contributed by atoms with Crippen LogP contribution < -0.4 is 16.8 Å². The summed E-state index contributed by atoms with van der Waals surface area (Å²) < 4.78 is 4.95. The molecular formula is C12H19N3O2. The van der Waals surface area contributed by atoms with E-state index >= 15 is 0 Å². The van der Waals surface area contributed by atoms with Crippen molar-refractivity contribution in [2.45, 2.75) is 19.4 Å².